The molecule has 1 aromatic heterocycles. The minimum Gasteiger partial charge on any atom is -0.369 e. The van der Waals surface area contributed by atoms with Crippen LogP contribution in [0.4, 0.5) is 5.82 Å². The lowest BCUT2D eigenvalue weighted by Gasteiger charge is -2.05. The lowest BCUT2D eigenvalue weighted by atomic mass is 10.4. The zero-order chi connectivity index (χ0) is 10.4. The van der Waals surface area contributed by atoms with Crippen molar-refractivity contribution in [2.45, 2.75) is 6.42 Å². The van der Waals surface area contributed by atoms with Crippen molar-refractivity contribution >= 4 is 28.2 Å². The lowest BCUT2D eigenvalue weighted by molar-refractivity contribution is 0.685. The Morgan fingerprint density at radius 3 is 3.07 bits per heavy atom. The first kappa shape index (κ1) is 11.4. The molecule has 0 spiro atoms. The molecule has 1 atom stereocenters. The van der Waals surface area contributed by atoms with Gasteiger partial charge in [0.25, 0.3) is 0 Å². The fourth-order valence-corrected chi connectivity index (χ4v) is 1.65. The minimum atomic E-state index is -0.735. The van der Waals surface area contributed by atoms with Gasteiger partial charge in [-0.2, -0.15) is 0 Å². The molecule has 78 valence electrons. The van der Waals surface area contributed by atoms with Gasteiger partial charge in [0.15, 0.2) is 0 Å². The predicted molar refractivity (Wildman–Crippen MR) is 59.1 cm³/mol. The predicted octanol–water partition coefficient (Wildman–Crippen LogP) is 1.31. The molecule has 1 heterocycles. The first-order valence-electron chi connectivity index (χ1n) is 4.19. The Labute approximate surface area is 90.6 Å². The fraction of sp³-hybridized carbons (Fsp3) is 0.500. The maximum Gasteiger partial charge on any atom is 0.148 e. The highest BCUT2D eigenvalue weighted by Crippen LogP contribution is 2.15. The maximum atomic E-state index is 10.8. The second-order valence-electron chi connectivity index (χ2n) is 2.78. The maximum absolute atomic E-state index is 10.8. The van der Waals surface area contributed by atoms with Crippen LogP contribution in [-0.4, -0.2) is 32.7 Å². The molecule has 0 saturated heterocycles. The van der Waals surface area contributed by atoms with Crippen LogP contribution in [0.25, 0.3) is 0 Å². The van der Waals surface area contributed by atoms with Crippen molar-refractivity contribution in [3.63, 3.8) is 0 Å². The molecule has 0 aromatic carbocycles. The molecule has 0 aliphatic heterocycles. The van der Waals surface area contributed by atoms with Gasteiger partial charge in [0, 0.05) is 29.4 Å². The second kappa shape index (κ2) is 5.93. The van der Waals surface area contributed by atoms with E-state index in [2.05, 4.69) is 15.3 Å². The van der Waals surface area contributed by atoms with Crippen molar-refractivity contribution in [3.8, 4) is 0 Å². The van der Waals surface area contributed by atoms with Gasteiger partial charge in [-0.15, -0.1) is 0 Å². The molecule has 0 amide bonds. The molecular formula is C8H12ClN3OS. The topological polar surface area (TPSA) is 54.9 Å². The Kier molecular flexibility index (Phi) is 4.82. The van der Waals surface area contributed by atoms with Crippen LogP contribution < -0.4 is 5.32 Å². The summed E-state index contributed by atoms with van der Waals surface area (Å²) in [5, 5.41) is 3.56. The average molecular weight is 234 g/mol. The molecule has 0 aliphatic carbocycles. The molecule has 1 rings (SSSR count). The van der Waals surface area contributed by atoms with Crippen LogP contribution in [0.2, 0.25) is 5.02 Å². The number of rotatable bonds is 5. The molecule has 1 unspecified atom stereocenters. The molecule has 6 heteroatoms. The largest absolute Gasteiger partial charge is 0.369 e. The number of hydrogen-bond acceptors (Lipinski definition) is 4. The Hall–Kier alpha value is -0.680. The fourth-order valence-electron chi connectivity index (χ4n) is 0.925. The first-order chi connectivity index (χ1) is 6.70. The summed E-state index contributed by atoms with van der Waals surface area (Å²) in [6.07, 6.45) is 5.50. The highest BCUT2D eigenvalue weighted by atomic mass is 35.5. The lowest BCUT2D eigenvalue weighted by Crippen LogP contribution is -2.07. The monoisotopic (exact) mass is 233 g/mol. The van der Waals surface area contributed by atoms with E-state index in [0.29, 0.717) is 16.6 Å². The van der Waals surface area contributed by atoms with Crippen LogP contribution in [-0.2, 0) is 10.8 Å². The van der Waals surface area contributed by atoms with E-state index in [-0.39, 0.29) is 0 Å². The van der Waals surface area contributed by atoms with Crippen molar-refractivity contribution in [3.05, 3.63) is 17.5 Å². The number of anilines is 1. The van der Waals surface area contributed by atoms with Gasteiger partial charge in [-0.3, -0.25) is 4.21 Å². The zero-order valence-electron chi connectivity index (χ0n) is 7.86. The van der Waals surface area contributed by atoms with Crippen LogP contribution in [0.1, 0.15) is 6.42 Å². The third-order valence-corrected chi connectivity index (χ3v) is 2.71. The van der Waals surface area contributed by atoms with E-state index in [4.69, 9.17) is 11.6 Å². The van der Waals surface area contributed by atoms with E-state index >= 15 is 0 Å². The van der Waals surface area contributed by atoms with Crippen LogP contribution in [0, 0.1) is 0 Å². The molecule has 4 nitrogen and oxygen atoms in total. The first-order valence-corrected chi connectivity index (χ1v) is 6.30. The van der Waals surface area contributed by atoms with Gasteiger partial charge in [-0.05, 0) is 6.42 Å². The molecule has 0 radical (unpaired) electrons. The highest BCUT2D eigenvalue weighted by Gasteiger charge is 1.99. The quantitative estimate of drug-likeness (QED) is 0.780. The number of hydrogen-bond donors (Lipinski definition) is 1. The molecular weight excluding hydrogens is 222 g/mol. The van der Waals surface area contributed by atoms with Gasteiger partial charge in [0.05, 0.1) is 6.20 Å². The van der Waals surface area contributed by atoms with E-state index in [1.165, 1.54) is 12.5 Å². The summed E-state index contributed by atoms with van der Waals surface area (Å²) in [6.45, 7) is 0.719. The average Bonchev–Trinajstić information content (AvgIpc) is 2.15. The molecule has 0 saturated carbocycles. The summed E-state index contributed by atoms with van der Waals surface area (Å²) in [5.74, 6) is 1.32. The molecule has 0 fully saturated rings. The van der Waals surface area contributed by atoms with Gasteiger partial charge in [-0.25, -0.2) is 9.97 Å². The van der Waals surface area contributed by atoms with E-state index in [1.54, 1.807) is 6.26 Å². The van der Waals surface area contributed by atoms with Crippen molar-refractivity contribution < 1.29 is 4.21 Å². The Morgan fingerprint density at radius 1 is 1.64 bits per heavy atom. The summed E-state index contributed by atoms with van der Waals surface area (Å²) in [7, 11) is -0.735. The Bertz CT molecular complexity index is 321. The normalized spacial score (nSPS) is 12.4. The van der Waals surface area contributed by atoms with E-state index in [0.717, 1.165) is 13.0 Å². The Balaban J connectivity index is 2.31. The summed E-state index contributed by atoms with van der Waals surface area (Å²) < 4.78 is 10.8. The van der Waals surface area contributed by atoms with E-state index in [1.807, 2.05) is 0 Å². The second-order valence-corrected chi connectivity index (χ2v) is 4.74. The van der Waals surface area contributed by atoms with E-state index in [9.17, 15) is 4.21 Å². The number of halogens is 1. The molecule has 0 bridgehead atoms. The van der Waals surface area contributed by atoms with Crippen LogP contribution in [0.5, 0.6) is 0 Å². The summed E-state index contributed by atoms with van der Waals surface area (Å²) in [4.78, 5) is 7.73. The van der Waals surface area contributed by atoms with Crippen molar-refractivity contribution in [1.29, 1.82) is 0 Å². The third-order valence-electron chi connectivity index (χ3n) is 1.57. The number of nitrogens with one attached hydrogen (secondary N) is 1. The van der Waals surface area contributed by atoms with Crippen molar-refractivity contribution in [2.75, 3.05) is 23.9 Å². The minimum absolute atomic E-state index is 0.505. The number of nitrogens with zero attached hydrogens (tertiary/aromatic N) is 2. The van der Waals surface area contributed by atoms with Crippen LogP contribution >= 0.6 is 11.6 Å². The van der Waals surface area contributed by atoms with Gasteiger partial charge in [0.2, 0.25) is 0 Å². The van der Waals surface area contributed by atoms with Gasteiger partial charge < -0.3 is 5.32 Å². The van der Waals surface area contributed by atoms with Crippen LogP contribution in [0.15, 0.2) is 12.5 Å². The molecule has 1 aromatic rings. The van der Waals surface area contributed by atoms with Crippen LogP contribution in [0.3, 0.4) is 0 Å². The van der Waals surface area contributed by atoms with Gasteiger partial charge in [0.1, 0.15) is 17.2 Å². The molecule has 1 N–H and O–H groups in total. The molecule has 0 aliphatic rings. The standard InChI is InChI=1S/C8H12ClN3OS/c1-14(13)4-2-3-11-8-7(9)5-10-6-12-8/h5-6H,2-4H2,1H3,(H,10,11,12). The summed E-state index contributed by atoms with van der Waals surface area (Å²) in [6, 6.07) is 0. The molecule has 14 heavy (non-hydrogen) atoms. The third kappa shape index (κ3) is 4.02. The summed E-state index contributed by atoms with van der Waals surface area (Å²) in [5.41, 5.74) is 0. The summed E-state index contributed by atoms with van der Waals surface area (Å²) >= 11 is 5.82. The Morgan fingerprint density at radius 2 is 2.43 bits per heavy atom. The SMILES string of the molecule is CS(=O)CCCNc1ncncc1Cl. The highest BCUT2D eigenvalue weighted by molar-refractivity contribution is 7.84. The van der Waals surface area contributed by atoms with Crippen molar-refractivity contribution in [1.82, 2.24) is 9.97 Å². The van der Waals surface area contributed by atoms with Gasteiger partial charge >= 0.3 is 0 Å². The van der Waals surface area contributed by atoms with Gasteiger partial charge in [-0.1, -0.05) is 11.6 Å². The van der Waals surface area contributed by atoms with Crippen molar-refractivity contribution in [2.24, 2.45) is 0 Å². The number of aromatic nitrogens is 2. The zero-order valence-corrected chi connectivity index (χ0v) is 9.44. The smallest absolute Gasteiger partial charge is 0.148 e. The van der Waals surface area contributed by atoms with E-state index < -0.39 is 10.8 Å².